The summed E-state index contributed by atoms with van der Waals surface area (Å²) in [6, 6.07) is 0. The molecule has 0 saturated carbocycles. The number of nitrogens with zero attached hydrogens (tertiary/aromatic N) is 2. The molecule has 7 nitrogen and oxygen atoms in total. The smallest absolute Gasteiger partial charge is 0.300 e. The Bertz CT molecular complexity index is 493. The maximum absolute atomic E-state index is 11.5. The Kier molecular flexibility index (Phi) is 3.83. The number of hydrogen-bond donors (Lipinski definition) is 3. The van der Waals surface area contributed by atoms with Crippen molar-refractivity contribution in [3.63, 3.8) is 0 Å². The minimum absolute atomic E-state index is 0.0855. The second-order valence-electron chi connectivity index (χ2n) is 3.00. The van der Waals surface area contributed by atoms with E-state index < -0.39 is 10.2 Å². The molecule has 0 aliphatic heterocycles. The summed E-state index contributed by atoms with van der Waals surface area (Å²) in [5.74, 6) is 0.244. The molecule has 0 bridgehead atoms. The summed E-state index contributed by atoms with van der Waals surface area (Å²) in [6.07, 6.45) is 1.41. The molecule has 0 spiro atoms. The van der Waals surface area contributed by atoms with Crippen molar-refractivity contribution in [3.8, 4) is 0 Å². The lowest BCUT2D eigenvalue weighted by molar-refractivity contribution is 0.588. The first-order valence-corrected chi connectivity index (χ1v) is 6.35. The molecular formula is C7H13N5O2S2. The van der Waals surface area contributed by atoms with Gasteiger partial charge in [-0.05, 0) is 0 Å². The summed E-state index contributed by atoms with van der Waals surface area (Å²) in [5.41, 5.74) is 5.83. The van der Waals surface area contributed by atoms with Crippen LogP contribution in [0, 0.1) is 0 Å². The lowest BCUT2D eigenvalue weighted by Gasteiger charge is -2.09. The van der Waals surface area contributed by atoms with Gasteiger partial charge in [-0.15, -0.1) is 0 Å². The average Bonchev–Trinajstić information content (AvgIpc) is 2.47. The standard InChI is InChI=1S/C7H13N5O2S2/c1-3-10-16(13,14)11-7-5(6(8)15)4-9-12(7)2/h4,10-11H,3H2,1-2H3,(H2,8,15). The SMILES string of the molecule is CCNS(=O)(=O)Nc1c(C(N)=S)cnn1C. The van der Waals surface area contributed by atoms with E-state index in [-0.39, 0.29) is 17.4 Å². The van der Waals surface area contributed by atoms with Crippen LogP contribution in [-0.4, -0.2) is 29.7 Å². The summed E-state index contributed by atoms with van der Waals surface area (Å²) in [7, 11) is -2.02. The highest BCUT2D eigenvalue weighted by atomic mass is 32.2. The van der Waals surface area contributed by atoms with E-state index in [1.54, 1.807) is 14.0 Å². The monoisotopic (exact) mass is 263 g/mol. The molecule has 0 unspecified atom stereocenters. The van der Waals surface area contributed by atoms with Crippen molar-refractivity contribution < 1.29 is 8.42 Å². The zero-order valence-electron chi connectivity index (χ0n) is 8.89. The fourth-order valence-corrected chi connectivity index (χ4v) is 2.19. The van der Waals surface area contributed by atoms with Crippen LogP contribution in [0.3, 0.4) is 0 Å². The first-order valence-electron chi connectivity index (χ1n) is 4.46. The van der Waals surface area contributed by atoms with Crippen LogP contribution in [0.1, 0.15) is 12.5 Å². The highest BCUT2D eigenvalue weighted by molar-refractivity contribution is 7.90. The predicted molar refractivity (Wildman–Crippen MR) is 65.3 cm³/mol. The van der Waals surface area contributed by atoms with E-state index in [0.717, 1.165) is 0 Å². The van der Waals surface area contributed by atoms with Crippen LogP contribution < -0.4 is 15.2 Å². The summed E-state index contributed by atoms with van der Waals surface area (Å²) in [5, 5.41) is 3.88. The third-order valence-electron chi connectivity index (χ3n) is 1.77. The van der Waals surface area contributed by atoms with Crippen molar-refractivity contribution in [2.45, 2.75) is 6.92 Å². The molecule has 4 N–H and O–H groups in total. The van der Waals surface area contributed by atoms with Crippen LogP contribution in [-0.2, 0) is 17.3 Å². The Labute approximate surface area is 99.2 Å². The van der Waals surface area contributed by atoms with Gasteiger partial charge in [0.1, 0.15) is 10.8 Å². The van der Waals surface area contributed by atoms with Gasteiger partial charge in [-0.2, -0.15) is 18.2 Å². The molecule has 90 valence electrons. The molecule has 0 radical (unpaired) electrons. The molecule has 1 aromatic rings. The molecular weight excluding hydrogens is 250 g/mol. The van der Waals surface area contributed by atoms with Gasteiger partial charge in [0, 0.05) is 13.6 Å². The molecule has 0 amide bonds. The van der Waals surface area contributed by atoms with Gasteiger partial charge in [0.25, 0.3) is 10.2 Å². The maximum Gasteiger partial charge on any atom is 0.300 e. The van der Waals surface area contributed by atoms with E-state index in [4.69, 9.17) is 18.0 Å². The van der Waals surface area contributed by atoms with Crippen LogP contribution >= 0.6 is 12.2 Å². The van der Waals surface area contributed by atoms with Crippen molar-refractivity contribution in [3.05, 3.63) is 11.8 Å². The first kappa shape index (κ1) is 12.9. The van der Waals surface area contributed by atoms with Gasteiger partial charge in [0.05, 0.1) is 11.8 Å². The number of thiocarbonyl (C=S) groups is 1. The van der Waals surface area contributed by atoms with Gasteiger partial charge in [-0.25, -0.2) is 0 Å². The maximum atomic E-state index is 11.5. The van der Waals surface area contributed by atoms with Crippen LogP contribution in [0.4, 0.5) is 5.82 Å². The molecule has 9 heteroatoms. The Balaban J connectivity index is 3.05. The highest BCUT2D eigenvalue weighted by Gasteiger charge is 2.16. The first-order chi connectivity index (χ1) is 7.37. The second-order valence-corrected chi connectivity index (χ2v) is 4.94. The Morgan fingerprint density at radius 1 is 1.69 bits per heavy atom. The van der Waals surface area contributed by atoms with E-state index in [1.807, 2.05) is 0 Å². The van der Waals surface area contributed by atoms with Gasteiger partial charge >= 0.3 is 0 Å². The molecule has 0 aromatic carbocycles. The minimum atomic E-state index is -3.61. The van der Waals surface area contributed by atoms with Crippen LogP contribution in [0.15, 0.2) is 6.20 Å². The fraction of sp³-hybridized carbons (Fsp3) is 0.429. The number of aromatic nitrogens is 2. The molecule has 0 atom stereocenters. The summed E-state index contributed by atoms with van der Waals surface area (Å²) in [6.45, 7) is 1.96. The average molecular weight is 263 g/mol. The predicted octanol–water partition coefficient (Wildman–Crippen LogP) is -0.679. The van der Waals surface area contributed by atoms with Gasteiger partial charge in [-0.3, -0.25) is 9.40 Å². The van der Waals surface area contributed by atoms with E-state index in [0.29, 0.717) is 5.56 Å². The van der Waals surface area contributed by atoms with Crippen LogP contribution in [0.5, 0.6) is 0 Å². The topological polar surface area (TPSA) is 102 Å². The molecule has 1 heterocycles. The fourth-order valence-electron chi connectivity index (χ4n) is 1.09. The van der Waals surface area contributed by atoms with Crippen LogP contribution in [0.25, 0.3) is 0 Å². The Morgan fingerprint density at radius 3 is 2.81 bits per heavy atom. The lowest BCUT2D eigenvalue weighted by atomic mass is 10.3. The minimum Gasteiger partial charge on any atom is -0.389 e. The number of aryl methyl sites for hydroxylation is 1. The Morgan fingerprint density at radius 2 is 2.31 bits per heavy atom. The van der Waals surface area contributed by atoms with Gasteiger partial charge in [0.15, 0.2) is 0 Å². The number of anilines is 1. The largest absolute Gasteiger partial charge is 0.389 e. The van der Waals surface area contributed by atoms with Crippen molar-refractivity contribution in [2.24, 2.45) is 12.8 Å². The molecule has 16 heavy (non-hydrogen) atoms. The summed E-state index contributed by atoms with van der Waals surface area (Å²) >= 11 is 4.79. The second kappa shape index (κ2) is 4.76. The third-order valence-corrected chi connectivity index (χ3v) is 3.12. The van der Waals surface area contributed by atoms with Gasteiger partial charge in [0.2, 0.25) is 0 Å². The molecule has 0 saturated heterocycles. The van der Waals surface area contributed by atoms with Crippen molar-refractivity contribution in [1.82, 2.24) is 14.5 Å². The Hall–Kier alpha value is -1.19. The van der Waals surface area contributed by atoms with Gasteiger partial charge in [-0.1, -0.05) is 19.1 Å². The summed E-state index contributed by atoms with van der Waals surface area (Å²) in [4.78, 5) is 0.0855. The zero-order chi connectivity index (χ0) is 12.3. The normalized spacial score (nSPS) is 11.4. The molecule has 1 rings (SSSR count). The molecule has 0 aliphatic rings. The van der Waals surface area contributed by atoms with E-state index in [2.05, 4.69) is 14.5 Å². The number of rotatable bonds is 5. The number of nitrogens with two attached hydrogens (primary N) is 1. The van der Waals surface area contributed by atoms with E-state index in [9.17, 15) is 8.42 Å². The molecule has 0 aliphatic carbocycles. The van der Waals surface area contributed by atoms with Crippen molar-refractivity contribution >= 4 is 33.2 Å². The quantitative estimate of drug-likeness (QED) is 0.611. The number of nitrogens with one attached hydrogen (secondary N) is 2. The van der Waals surface area contributed by atoms with Crippen LogP contribution in [0.2, 0.25) is 0 Å². The van der Waals surface area contributed by atoms with Crippen molar-refractivity contribution in [1.29, 1.82) is 0 Å². The van der Waals surface area contributed by atoms with E-state index in [1.165, 1.54) is 10.9 Å². The molecule has 0 fully saturated rings. The highest BCUT2D eigenvalue weighted by Crippen LogP contribution is 2.14. The van der Waals surface area contributed by atoms with Gasteiger partial charge < -0.3 is 5.73 Å². The zero-order valence-corrected chi connectivity index (χ0v) is 10.5. The third kappa shape index (κ3) is 2.90. The lowest BCUT2D eigenvalue weighted by Crippen LogP contribution is -2.31. The summed E-state index contributed by atoms with van der Waals surface area (Å²) < 4.78 is 28.9. The van der Waals surface area contributed by atoms with E-state index >= 15 is 0 Å². The molecule has 1 aromatic heterocycles. The number of hydrogen-bond acceptors (Lipinski definition) is 4. The van der Waals surface area contributed by atoms with Crippen molar-refractivity contribution in [2.75, 3.05) is 11.3 Å².